The van der Waals surface area contributed by atoms with Crippen LogP contribution in [-0.4, -0.2) is 31.5 Å². The zero-order chi connectivity index (χ0) is 16.4. The molecule has 1 aromatic carbocycles. The van der Waals surface area contributed by atoms with Gasteiger partial charge in [0.1, 0.15) is 5.75 Å². The Balaban J connectivity index is 1.82. The molecule has 0 radical (unpaired) electrons. The van der Waals surface area contributed by atoms with Crippen molar-refractivity contribution >= 4 is 0 Å². The third-order valence-corrected chi connectivity index (χ3v) is 5.07. The van der Waals surface area contributed by atoms with Crippen LogP contribution in [0.3, 0.4) is 0 Å². The van der Waals surface area contributed by atoms with Gasteiger partial charge in [0.2, 0.25) is 0 Å². The predicted octanol–water partition coefficient (Wildman–Crippen LogP) is 3.38. The molecule has 1 aliphatic carbocycles. The molecule has 1 saturated heterocycles. The van der Waals surface area contributed by atoms with Gasteiger partial charge < -0.3 is 19.3 Å². The smallest absolute Gasteiger partial charge is 0.184 e. The fourth-order valence-electron chi connectivity index (χ4n) is 3.44. The lowest BCUT2D eigenvalue weighted by molar-refractivity contribution is -0.197. The first kappa shape index (κ1) is 16.2. The molecule has 0 amide bonds. The Morgan fingerprint density at radius 1 is 1.39 bits per heavy atom. The highest BCUT2D eigenvalue weighted by molar-refractivity contribution is 5.34. The summed E-state index contributed by atoms with van der Waals surface area (Å²) in [6.45, 7) is 6.56. The number of benzene rings is 1. The Hall–Kier alpha value is -1.62. The van der Waals surface area contributed by atoms with Crippen LogP contribution in [0.15, 0.2) is 48.1 Å². The van der Waals surface area contributed by atoms with E-state index < -0.39 is 0 Å². The van der Waals surface area contributed by atoms with Gasteiger partial charge in [-0.15, -0.1) is 6.58 Å². The van der Waals surface area contributed by atoms with E-state index in [9.17, 15) is 5.11 Å². The standard InChI is InChI=1S/C19H24O4/c1-4-19(2)10-9-17-15(16(19)11-20)12-22-18(23-17)13-5-7-14(21-3)8-6-13/h4-8,17-18,20H,1,9-12H2,2-3H3/t17-,18+,19+/m0/s1. The summed E-state index contributed by atoms with van der Waals surface area (Å²) in [5, 5.41) is 9.81. The second-order valence-electron chi connectivity index (χ2n) is 6.36. The van der Waals surface area contributed by atoms with E-state index in [1.54, 1.807) is 7.11 Å². The summed E-state index contributed by atoms with van der Waals surface area (Å²) < 4.78 is 17.2. The van der Waals surface area contributed by atoms with Gasteiger partial charge in [-0.05, 0) is 36.1 Å². The minimum absolute atomic E-state index is 0.00558. The highest BCUT2D eigenvalue weighted by atomic mass is 16.7. The Morgan fingerprint density at radius 2 is 2.13 bits per heavy atom. The first-order valence-corrected chi connectivity index (χ1v) is 7.99. The third-order valence-electron chi connectivity index (χ3n) is 5.07. The van der Waals surface area contributed by atoms with Gasteiger partial charge in [0.05, 0.1) is 26.4 Å². The SMILES string of the molecule is C=C[C@]1(C)CC[C@@H]2O[C@H](c3ccc(OC)cc3)OCC2=C1CO. The highest BCUT2D eigenvalue weighted by Crippen LogP contribution is 2.45. The van der Waals surface area contributed by atoms with Crippen molar-refractivity contribution in [2.75, 3.05) is 20.3 Å². The summed E-state index contributed by atoms with van der Waals surface area (Å²) >= 11 is 0. The van der Waals surface area contributed by atoms with Gasteiger partial charge in [-0.2, -0.15) is 0 Å². The zero-order valence-corrected chi connectivity index (χ0v) is 13.7. The largest absolute Gasteiger partial charge is 0.497 e. The molecule has 1 aliphatic heterocycles. The number of ether oxygens (including phenoxy) is 3. The molecule has 3 rings (SSSR count). The predicted molar refractivity (Wildman–Crippen MR) is 88.2 cm³/mol. The number of hydrogen-bond acceptors (Lipinski definition) is 4. The van der Waals surface area contributed by atoms with Crippen molar-refractivity contribution in [3.8, 4) is 5.75 Å². The lowest BCUT2D eigenvalue weighted by atomic mass is 9.70. The van der Waals surface area contributed by atoms with Crippen molar-refractivity contribution in [2.24, 2.45) is 5.41 Å². The Kier molecular flexibility index (Phi) is 4.57. The van der Waals surface area contributed by atoms with Gasteiger partial charge in [-0.1, -0.05) is 25.1 Å². The number of aliphatic hydroxyl groups is 1. The molecular formula is C19H24O4. The summed E-state index contributed by atoms with van der Waals surface area (Å²) in [5.74, 6) is 0.812. The highest BCUT2D eigenvalue weighted by Gasteiger charge is 2.40. The number of hydrogen-bond donors (Lipinski definition) is 1. The van der Waals surface area contributed by atoms with Crippen molar-refractivity contribution in [3.05, 3.63) is 53.6 Å². The van der Waals surface area contributed by atoms with Crippen LogP contribution in [-0.2, 0) is 9.47 Å². The molecule has 1 N–H and O–H groups in total. The lowest BCUT2D eigenvalue weighted by Gasteiger charge is -2.43. The van der Waals surface area contributed by atoms with E-state index >= 15 is 0 Å². The zero-order valence-electron chi connectivity index (χ0n) is 13.7. The maximum absolute atomic E-state index is 9.81. The fraction of sp³-hybridized carbons (Fsp3) is 0.474. The monoisotopic (exact) mass is 316 g/mol. The summed E-state index contributed by atoms with van der Waals surface area (Å²) in [6, 6.07) is 7.73. The molecule has 4 nitrogen and oxygen atoms in total. The lowest BCUT2D eigenvalue weighted by Crippen LogP contribution is -2.38. The van der Waals surface area contributed by atoms with Gasteiger partial charge in [-0.3, -0.25) is 0 Å². The average molecular weight is 316 g/mol. The van der Waals surface area contributed by atoms with Crippen molar-refractivity contribution in [2.45, 2.75) is 32.2 Å². The summed E-state index contributed by atoms with van der Waals surface area (Å²) in [7, 11) is 1.65. The van der Waals surface area contributed by atoms with Crippen LogP contribution in [0.5, 0.6) is 5.75 Å². The van der Waals surface area contributed by atoms with Crippen LogP contribution >= 0.6 is 0 Å². The first-order chi connectivity index (χ1) is 11.1. The van der Waals surface area contributed by atoms with Crippen LogP contribution < -0.4 is 4.74 Å². The second-order valence-corrected chi connectivity index (χ2v) is 6.36. The van der Waals surface area contributed by atoms with Crippen LogP contribution in [0.4, 0.5) is 0 Å². The van der Waals surface area contributed by atoms with Crippen LogP contribution in [0, 0.1) is 5.41 Å². The molecular weight excluding hydrogens is 292 g/mol. The van der Waals surface area contributed by atoms with Crippen molar-refractivity contribution in [1.82, 2.24) is 0 Å². The Morgan fingerprint density at radius 3 is 2.74 bits per heavy atom. The average Bonchev–Trinajstić information content (AvgIpc) is 2.61. The molecule has 4 heteroatoms. The first-order valence-electron chi connectivity index (χ1n) is 7.99. The summed E-state index contributed by atoms with van der Waals surface area (Å²) in [4.78, 5) is 0. The Labute approximate surface area is 137 Å². The molecule has 23 heavy (non-hydrogen) atoms. The topological polar surface area (TPSA) is 47.9 Å². The van der Waals surface area contributed by atoms with Gasteiger partial charge in [0, 0.05) is 11.0 Å². The van der Waals surface area contributed by atoms with Gasteiger partial charge in [0.25, 0.3) is 0 Å². The van der Waals surface area contributed by atoms with Crippen molar-refractivity contribution < 1.29 is 19.3 Å². The van der Waals surface area contributed by atoms with E-state index in [1.165, 1.54) is 0 Å². The van der Waals surface area contributed by atoms with Gasteiger partial charge in [-0.25, -0.2) is 0 Å². The summed E-state index contributed by atoms with van der Waals surface area (Å²) in [6.07, 6.45) is 3.40. The van der Waals surface area contributed by atoms with Gasteiger partial charge in [0.15, 0.2) is 6.29 Å². The minimum Gasteiger partial charge on any atom is -0.497 e. The quantitative estimate of drug-likeness (QED) is 0.865. The van der Waals surface area contributed by atoms with E-state index in [2.05, 4.69) is 13.5 Å². The molecule has 0 saturated carbocycles. The number of aliphatic hydroxyl groups excluding tert-OH is 1. The normalized spacial score (nSPS) is 30.7. The molecule has 0 unspecified atom stereocenters. The maximum atomic E-state index is 9.81. The summed E-state index contributed by atoms with van der Waals surface area (Å²) in [5.41, 5.74) is 2.88. The molecule has 0 bridgehead atoms. The fourth-order valence-corrected chi connectivity index (χ4v) is 3.44. The van der Waals surface area contributed by atoms with Gasteiger partial charge >= 0.3 is 0 Å². The minimum atomic E-state index is -0.373. The van der Waals surface area contributed by atoms with E-state index in [-0.39, 0.29) is 24.4 Å². The maximum Gasteiger partial charge on any atom is 0.184 e. The van der Waals surface area contributed by atoms with E-state index in [1.807, 2.05) is 30.3 Å². The molecule has 1 fully saturated rings. The number of fused-ring (bicyclic) bond motifs is 1. The molecule has 0 aromatic heterocycles. The van der Waals surface area contributed by atoms with Crippen LogP contribution in [0.25, 0.3) is 0 Å². The molecule has 0 spiro atoms. The van der Waals surface area contributed by atoms with E-state index in [0.717, 1.165) is 35.3 Å². The van der Waals surface area contributed by atoms with Crippen molar-refractivity contribution in [3.63, 3.8) is 0 Å². The van der Waals surface area contributed by atoms with Crippen LogP contribution in [0.2, 0.25) is 0 Å². The number of rotatable bonds is 4. The third kappa shape index (κ3) is 2.94. The number of allylic oxidation sites excluding steroid dienone is 1. The molecule has 2 aliphatic rings. The molecule has 3 atom stereocenters. The molecule has 1 aromatic rings. The molecule has 1 heterocycles. The van der Waals surface area contributed by atoms with E-state index in [0.29, 0.717) is 6.61 Å². The van der Waals surface area contributed by atoms with E-state index in [4.69, 9.17) is 14.2 Å². The second kappa shape index (κ2) is 6.48. The van der Waals surface area contributed by atoms with Crippen LogP contribution in [0.1, 0.15) is 31.6 Å². The number of methoxy groups -OCH3 is 1. The Bertz CT molecular complexity index is 604. The molecule has 124 valence electrons. The van der Waals surface area contributed by atoms with Crippen molar-refractivity contribution in [1.29, 1.82) is 0 Å².